The third kappa shape index (κ3) is 8.23. The molecule has 0 amide bonds. The van der Waals surface area contributed by atoms with Crippen LogP contribution in [0.5, 0.6) is 0 Å². The molecule has 3 heterocycles. The van der Waals surface area contributed by atoms with E-state index in [1.54, 1.807) is 24.8 Å². The Hall–Kier alpha value is -3.54. The highest BCUT2D eigenvalue weighted by molar-refractivity contribution is 5.66. The number of aromatic nitrogens is 6. The zero-order chi connectivity index (χ0) is 26.6. The van der Waals surface area contributed by atoms with Gasteiger partial charge in [-0.1, -0.05) is 89.0 Å². The smallest absolute Gasteiger partial charge is 0.178 e. The fourth-order valence-electron chi connectivity index (χ4n) is 4.49. The highest BCUT2D eigenvalue weighted by Crippen LogP contribution is 2.25. The standard InChI is InChI=1S/C32H40N6/c1-4-5-6-7-8-9-10-11-12-13-14-26-15-17-27(18-16-26)30-37-28(31-33-20-24(2)21-34-31)19-29(38-30)32-35-22-25(3)23-36-32/h15-23H,4-14H2,1-3H3. The van der Waals surface area contributed by atoms with Crippen molar-refractivity contribution >= 4 is 0 Å². The lowest BCUT2D eigenvalue weighted by molar-refractivity contribution is 0.556. The van der Waals surface area contributed by atoms with Crippen LogP contribution in [-0.2, 0) is 6.42 Å². The van der Waals surface area contributed by atoms with E-state index in [1.165, 1.54) is 69.8 Å². The van der Waals surface area contributed by atoms with Gasteiger partial charge in [-0.2, -0.15) is 0 Å². The second-order valence-electron chi connectivity index (χ2n) is 10.3. The molecule has 4 aromatic rings. The summed E-state index contributed by atoms with van der Waals surface area (Å²) >= 11 is 0. The summed E-state index contributed by atoms with van der Waals surface area (Å²) in [5.41, 5.74) is 5.63. The van der Waals surface area contributed by atoms with Crippen molar-refractivity contribution in [1.29, 1.82) is 0 Å². The van der Waals surface area contributed by atoms with E-state index < -0.39 is 0 Å². The van der Waals surface area contributed by atoms with Crippen LogP contribution in [0.15, 0.2) is 55.1 Å². The first-order valence-corrected chi connectivity index (χ1v) is 14.2. The van der Waals surface area contributed by atoms with Crippen molar-refractivity contribution in [3.05, 3.63) is 71.8 Å². The summed E-state index contributed by atoms with van der Waals surface area (Å²) in [6.07, 6.45) is 21.9. The molecule has 0 spiro atoms. The monoisotopic (exact) mass is 508 g/mol. The van der Waals surface area contributed by atoms with Gasteiger partial charge in [0.2, 0.25) is 0 Å². The van der Waals surface area contributed by atoms with E-state index in [4.69, 9.17) is 9.97 Å². The van der Waals surface area contributed by atoms with Crippen LogP contribution in [0.4, 0.5) is 0 Å². The van der Waals surface area contributed by atoms with Crippen molar-refractivity contribution in [2.45, 2.75) is 91.4 Å². The summed E-state index contributed by atoms with van der Waals surface area (Å²) in [7, 11) is 0. The zero-order valence-electron chi connectivity index (χ0n) is 23.2. The maximum atomic E-state index is 4.81. The van der Waals surface area contributed by atoms with E-state index in [9.17, 15) is 0 Å². The van der Waals surface area contributed by atoms with Gasteiger partial charge < -0.3 is 0 Å². The summed E-state index contributed by atoms with van der Waals surface area (Å²) in [5.74, 6) is 1.74. The summed E-state index contributed by atoms with van der Waals surface area (Å²) < 4.78 is 0. The molecule has 0 saturated heterocycles. The fraction of sp³-hybridized carbons (Fsp3) is 0.438. The quantitative estimate of drug-likeness (QED) is 0.160. The second kappa shape index (κ2) is 14.4. The van der Waals surface area contributed by atoms with Crippen LogP contribution in [0.3, 0.4) is 0 Å². The molecule has 0 aliphatic rings. The van der Waals surface area contributed by atoms with E-state index in [0.717, 1.165) is 23.1 Å². The van der Waals surface area contributed by atoms with Gasteiger partial charge in [0.05, 0.1) is 0 Å². The van der Waals surface area contributed by atoms with Crippen LogP contribution < -0.4 is 0 Å². The lowest BCUT2D eigenvalue weighted by Crippen LogP contribution is -2.00. The average Bonchev–Trinajstić information content (AvgIpc) is 2.95. The predicted molar refractivity (Wildman–Crippen MR) is 155 cm³/mol. The van der Waals surface area contributed by atoms with E-state index in [1.807, 2.05) is 19.9 Å². The molecule has 1 aromatic carbocycles. The van der Waals surface area contributed by atoms with E-state index in [2.05, 4.69) is 51.1 Å². The van der Waals surface area contributed by atoms with Crippen molar-refractivity contribution < 1.29 is 0 Å². The van der Waals surface area contributed by atoms with Crippen molar-refractivity contribution in [1.82, 2.24) is 29.9 Å². The first-order valence-electron chi connectivity index (χ1n) is 14.2. The number of benzene rings is 1. The van der Waals surface area contributed by atoms with Gasteiger partial charge >= 0.3 is 0 Å². The Labute approximate surface area is 227 Å². The summed E-state index contributed by atoms with van der Waals surface area (Å²) in [4.78, 5) is 27.5. The van der Waals surface area contributed by atoms with Crippen LogP contribution in [0.2, 0.25) is 0 Å². The van der Waals surface area contributed by atoms with Gasteiger partial charge in [0.15, 0.2) is 17.5 Å². The number of unbranched alkanes of at least 4 members (excludes halogenated alkanes) is 9. The second-order valence-corrected chi connectivity index (χ2v) is 10.3. The molecule has 0 aliphatic carbocycles. The molecule has 6 heteroatoms. The van der Waals surface area contributed by atoms with E-state index in [-0.39, 0.29) is 0 Å². The Balaban J connectivity index is 1.40. The van der Waals surface area contributed by atoms with E-state index in [0.29, 0.717) is 28.9 Å². The highest BCUT2D eigenvalue weighted by atomic mass is 15.0. The zero-order valence-corrected chi connectivity index (χ0v) is 23.2. The van der Waals surface area contributed by atoms with Crippen LogP contribution in [-0.4, -0.2) is 29.9 Å². The van der Waals surface area contributed by atoms with Crippen molar-refractivity contribution in [2.24, 2.45) is 0 Å². The van der Waals surface area contributed by atoms with Crippen LogP contribution >= 0.6 is 0 Å². The Morgan fingerprint density at radius 1 is 0.526 bits per heavy atom. The van der Waals surface area contributed by atoms with Crippen molar-refractivity contribution in [3.8, 4) is 34.4 Å². The summed E-state index contributed by atoms with van der Waals surface area (Å²) in [6.45, 7) is 6.22. The molecular formula is C32H40N6. The van der Waals surface area contributed by atoms with Gasteiger partial charge in [0.25, 0.3) is 0 Å². The number of rotatable bonds is 14. The van der Waals surface area contributed by atoms with Gasteiger partial charge in [-0.05, 0) is 49.4 Å². The molecule has 0 fully saturated rings. The minimum atomic E-state index is 0.560. The third-order valence-electron chi connectivity index (χ3n) is 6.78. The first-order chi connectivity index (χ1) is 18.6. The van der Waals surface area contributed by atoms with Crippen molar-refractivity contribution in [2.75, 3.05) is 0 Å². The molecule has 6 nitrogen and oxygen atoms in total. The molecule has 0 aliphatic heterocycles. The number of hydrogen-bond donors (Lipinski definition) is 0. The molecule has 198 valence electrons. The Morgan fingerprint density at radius 3 is 1.45 bits per heavy atom. The summed E-state index contributed by atoms with van der Waals surface area (Å²) in [5, 5.41) is 0. The lowest BCUT2D eigenvalue weighted by atomic mass is 10.0. The molecule has 0 saturated carbocycles. The Morgan fingerprint density at radius 2 is 0.974 bits per heavy atom. The molecule has 0 bridgehead atoms. The molecule has 0 atom stereocenters. The normalized spacial score (nSPS) is 11.1. The fourth-order valence-corrected chi connectivity index (χ4v) is 4.49. The first kappa shape index (κ1) is 27.5. The highest BCUT2D eigenvalue weighted by Gasteiger charge is 2.14. The third-order valence-corrected chi connectivity index (χ3v) is 6.78. The molecule has 3 aromatic heterocycles. The topological polar surface area (TPSA) is 77.3 Å². The molecule has 38 heavy (non-hydrogen) atoms. The van der Waals surface area contributed by atoms with Crippen LogP contribution in [0, 0.1) is 13.8 Å². The number of hydrogen-bond acceptors (Lipinski definition) is 6. The maximum Gasteiger partial charge on any atom is 0.178 e. The molecule has 0 N–H and O–H groups in total. The van der Waals surface area contributed by atoms with Gasteiger partial charge in [-0.25, -0.2) is 29.9 Å². The van der Waals surface area contributed by atoms with E-state index >= 15 is 0 Å². The minimum absolute atomic E-state index is 0.560. The van der Waals surface area contributed by atoms with Gasteiger partial charge in [-0.15, -0.1) is 0 Å². The molecule has 0 radical (unpaired) electrons. The Kier molecular flexibility index (Phi) is 10.4. The van der Waals surface area contributed by atoms with Gasteiger partial charge in [0, 0.05) is 30.4 Å². The van der Waals surface area contributed by atoms with Gasteiger partial charge in [-0.3, -0.25) is 0 Å². The SMILES string of the molecule is CCCCCCCCCCCCc1ccc(-c2nc(-c3ncc(C)cn3)cc(-c3ncc(C)cn3)n2)cc1. The minimum Gasteiger partial charge on any atom is -0.235 e. The molecule has 0 unspecified atom stereocenters. The summed E-state index contributed by atoms with van der Waals surface area (Å²) in [6, 6.07) is 10.5. The van der Waals surface area contributed by atoms with Crippen molar-refractivity contribution in [3.63, 3.8) is 0 Å². The molecular weight excluding hydrogens is 468 g/mol. The van der Waals surface area contributed by atoms with Gasteiger partial charge in [0.1, 0.15) is 11.4 Å². The lowest BCUT2D eigenvalue weighted by Gasteiger charge is -2.09. The van der Waals surface area contributed by atoms with Crippen LogP contribution in [0.1, 0.15) is 87.8 Å². The molecule has 4 rings (SSSR count). The number of aryl methyl sites for hydroxylation is 3. The Bertz CT molecular complexity index is 1190. The number of nitrogens with zero attached hydrogens (tertiary/aromatic N) is 6. The largest absolute Gasteiger partial charge is 0.235 e. The predicted octanol–water partition coefficient (Wildman–Crippen LogP) is 8.14. The average molecular weight is 509 g/mol. The van der Waals surface area contributed by atoms with Crippen LogP contribution in [0.25, 0.3) is 34.4 Å². The maximum absolute atomic E-state index is 4.81.